The lowest BCUT2D eigenvalue weighted by molar-refractivity contribution is 1.08. The summed E-state index contributed by atoms with van der Waals surface area (Å²) in [5.74, 6) is 0.212. The van der Waals surface area contributed by atoms with Crippen molar-refractivity contribution in [1.82, 2.24) is 5.32 Å². The van der Waals surface area contributed by atoms with E-state index in [0.29, 0.717) is 0 Å². The standard InChI is InChI=1S/C6H11N3/c1-5(4-8-2)6(7)9-3/h4,7-8H,3H2,1-2H3. The number of hydrogen-bond acceptors (Lipinski definition) is 2. The average molecular weight is 125 g/mol. The summed E-state index contributed by atoms with van der Waals surface area (Å²) in [5, 5.41) is 9.90. The van der Waals surface area contributed by atoms with Gasteiger partial charge in [0.2, 0.25) is 0 Å². The van der Waals surface area contributed by atoms with E-state index in [2.05, 4.69) is 17.0 Å². The fourth-order valence-corrected chi connectivity index (χ4v) is 0.410. The molecule has 0 amide bonds. The zero-order valence-electron chi connectivity index (χ0n) is 5.73. The molecule has 0 radical (unpaired) electrons. The first-order chi connectivity index (χ1) is 4.22. The zero-order chi connectivity index (χ0) is 7.28. The van der Waals surface area contributed by atoms with Crippen LogP contribution in [0.25, 0.3) is 0 Å². The Kier molecular flexibility index (Phi) is 3.35. The van der Waals surface area contributed by atoms with Crippen LogP contribution in [0.1, 0.15) is 6.92 Å². The van der Waals surface area contributed by atoms with Gasteiger partial charge in [-0.05, 0) is 13.6 Å². The summed E-state index contributed by atoms with van der Waals surface area (Å²) in [5.41, 5.74) is 0.785. The summed E-state index contributed by atoms with van der Waals surface area (Å²) in [6.45, 7) is 5.02. The highest BCUT2D eigenvalue weighted by Crippen LogP contribution is 1.91. The minimum atomic E-state index is 0.212. The molecule has 3 heteroatoms. The smallest absolute Gasteiger partial charge is 0.148 e. The van der Waals surface area contributed by atoms with Gasteiger partial charge in [-0.15, -0.1) is 0 Å². The Labute approximate surface area is 55.0 Å². The molecule has 0 atom stereocenters. The average Bonchev–Trinajstić information content (AvgIpc) is 1.87. The molecule has 0 saturated carbocycles. The molecule has 0 bridgehead atoms. The van der Waals surface area contributed by atoms with Gasteiger partial charge in [-0.25, -0.2) is 4.99 Å². The van der Waals surface area contributed by atoms with Crippen molar-refractivity contribution in [2.45, 2.75) is 6.92 Å². The van der Waals surface area contributed by atoms with Crippen LogP contribution >= 0.6 is 0 Å². The molecule has 0 heterocycles. The summed E-state index contributed by atoms with van der Waals surface area (Å²) in [6, 6.07) is 0. The van der Waals surface area contributed by atoms with Gasteiger partial charge in [-0.1, -0.05) is 0 Å². The highest BCUT2D eigenvalue weighted by Gasteiger charge is 1.91. The summed E-state index contributed by atoms with van der Waals surface area (Å²) < 4.78 is 0. The Morgan fingerprint density at radius 2 is 2.33 bits per heavy atom. The van der Waals surface area contributed by atoms with E-state index in [1.165, 1.54) is 0 Å². The molecule has 0 unspecified atom stereocenters. The number of hydrogen-bond donors (Lipinski definition) is 2. The van der Waals surface area contributed by atoms with Crippen molar-refractivity contribution < 1.29 is 0 Å². The predicted octanol–water partition coefficient (Wildman–Crippen LogP) is 0.787. The van der Waals surface area contributed by atoms with Crippen LogP contribution in [0, 0.1) is 5.41 Å². The quantitative estimate of drug-likeness (QED) is 0.416. The van der Waals surface area contributed by atoms with Gasteiger partial charge in [-0.2, -0.15) is 0 Å². The third kappa shape index (κ3) is 2.64. The Hall–Kier alpha value is -1.12. The highest BCUT2D eigenvalue weighted by molar-refractivity contribution is 5.97. The molecule has 50 valence electrons. The molecule has 0 aliphatic carbocycles. The van der Waals surface area contributed by atoms with Crippen LogP contribution in [0.15, 0.2) is 16.8 Å². The fourth-order valence-electron chi connectivity index (χ4n) is 0.410. The predicted molar refractivity (Wildman–Crippen MR) is 40.1 cm³/mol. The van der Waals surface area contributed by atoms with Crippen molar-refractivity contribution >= 4 is 12.6 Å². The first kappa shape index (κ1) is 7.88. The normalized spacial score (nSPS) is 10.7. The molecular weight excluding hydrogens is 114 g/mol. The molecule has 3 nitrogen and oxygen atoms in total. The van der Waals surface area contributed by atoms with E-state index in [1.54, 1.807) is 20.2 Å². The maximum atomic E-state index is 7.11. The van der Waals surface area contributed by atoms with Crippen LogP contribution in [-0.2, 0) is 0 Å². The van der Waals surface area contributed by atoms with Crippen LogP contribution in [0.2, 0.25) is 0 Å². The fraction of sp³-hybridized carbons (Fsp3) is 0.333. The molecule has 0 rings (SSSR count). The number of aliphatic imine (C=N–C) groups is 1. The summed E-state index contributed by atoms with van der Waals surface area (Å²) in [4.78, 5) is 3.43. The second-order valence-corrected chi connectivity index (χ2v) is 1.62. The number of rotatable bonds is 2. The summed E-state index contributed by atoms with van der Waals surface area (Å²) >= 11 is 0. The van der Waals surface area contributed by atoms with Crippen LogP contribution < -0.4 is 5.32 Å². The first-order valence-electron chi connectivity index (χ1n) is 2.62. The maximum Gasteiger partial charge on any atom is 0.148 e. The molecule has 0 spiro atoms. The van der Waals surface area contributed by atoms with Crippen molar-refractivity contribution in [1.29, 1.82) is 5.41 Å². The highest BCUT2D eigenvalue weighted by atomic mass is 14.8. The van der Waals surface area contributed by atoms with E-state index in [1.807, 2.05) is 0 Å². The second kappa shape index (κ2) is 3.83. The summed E-state index contributed by atoms with van der Waals surface area (Å²) in [7, 11) is 1.78. The Morgan fingerprint density at radius 3 is 2.67 bits per heavy atom. The lowest BCUT2D eigenvalue weighted by atomic mass is 10.3. The molecule has 0 fully saturated rings. The summed E-state index contributed by atoms with van der Waals surface area (Å²) in [6.07, 6.45) is 1.71. The second-order valence-electron chi connectivity index (χ2n) is 1.62. The molecule has 0 aromatic heterocycles. The molecule has 2 N–H and O–H groups in total. The third-order valence-corrected chi connectivity index (χ3v) is 0.892. The minimum Gasteiger partial charge on any atom is -0.394 e. The van der Waals surface area contributed by atoms with Crippen molar-refractivity contribution in [2.75, 3.05) is 7.05 Å². The SMILES string of the molecule is C=NC(=N)C(C)=CNC. The van der Waals surface area contributed by atoms with Crippen LogP contribution in [0.3, 0.4) is 0 Å². The van der Waals surface area contributed by atoms with E-state index < -0.39 is 0 Å². The van der Waals surface area contributed by atoms with Gasteiger partial charge in [0, 0.05) is 18.8 Å². The lowest BCUT2D eigenvalue weighted by Crippen LogP contribution is -2.00. The molecule has 0 aliphatic rings. The van der Waals surface area contributed by atoms with Crippen LogP contribution in [-0.4, -0.2) is 19.6 Å². The van der Waals surface area contributed by atoms with Crippen LogP contribution in [0.4, 0.5) is 0 Å². The monoisotopic (exact) mass is 125 g/mol. The van der Waals surface area contributed by atoms with E-state index in [9.17, 15) is 0 Å². The Bertz CT molecular complexity index is 146. The lowest BCUT2D eigenvalue weighted by Gasteiger charge is -1.94. The minimum absolute atomic E-state index is 0.212. The first-order valence-corrected chi connectivity index (χ1v) is 2.62. The van der Waals surface area contributed by atoms with Gasteiger partial charge in [0.1, 0.15) is 5.84 Å². The topological polar surface area (TPSA) is 48.2 Å². The van der Waals surface area contributed by atoms with Gasteiger partial charge in [0.05, 0.1) is 0 Å². The molecule has 0 aromatic rings. The number of nitrogens with zero attached hydrogens (tertiary/aromatic N) is 1. The van der Waals surface area contributed by atoms with Crippen molar-refractivity contribution in [3.63, 3.8) is 0 Å². The van der Waals surface area contributed by atoms with Gasteiger partial charge in [0.15, 0.2) is 0 Å². The molecular formula is C6H11N3. The molecule has 9 heavy (non-hydrogen) atoms. The maximum absolute atomic E-state index is 7.11. The van der Waals surface area contributed by atoms with Gasteiger partial charge < -0.3 is 5.32 Å². The van der Waals surface area contributed by atoms with E-state index >= 15 is 0 Å². The van der Waals surface area contributed by atoms with Crippen molar-refractivity contribution in [3.05, 3.63) is 11.8 Å². The Balaban J connectivity index is 4.01. The van der Waals surface area contributed by atoms with E-state index in [0.717, 1.165) is 5.57 Å². The molecule has 0 aromatic carbocycles. The number of amidine groups is 1. The van der Waals surface area contributed by atoms with Crippen molar-refractivity contribution in [3.8, 4) is 0 Å². The van der Waals surface area contributed by atoms with Crippen molar-refractivity contribution in [2.24, 2.45) is 4.99 Å². The van der Waals surface area contributed by atoms with E-state index in [4.69, 9.17) is 5.41 Å². The van der Waals surface area contributed by atoms with Gasteiger partial charge >= 0.3 is 0 Å². The Morgan fingerprint density at radius 1 is 1.78 bits per heavy atom. The zero-order valence-corrected chi connectivity index (χ0v) is 5.73. The van der Waals surface area contributed by atoms with Gasteiger partial charge in [-0.3, -0.25) is 5.41 Å². The molecule has 0 aliphatic heterocycles. The van der Waals surface area contributed by atoms with Crippen LogP contribution in [0.5, 0.6) is 0 Å². The number of nitrogens with one attached hydrogen (secondary N) is 2. The molecule has 0 saturated heterocycles. The van der Waals surface area contributed by atoms with E-state index in [-0.39, 0.29) is 5.84 Å². The van der Waals surface area contributed by atoms with Gasteiger partial charge in [0.25, 0.3) is 0 Å². The largest absolute Gasteiger partial charge is 0.394 e. The third-order valence-electron chi connectivity index (χ3n) is 0.892.